The van der Waals surface area contributed by atoms with Crippen LogP contribution in [0.25, 0.3) is 0 Å². The van der Waals surface area contributed by atoms with E-state index in [0.717, 1.165) is 12.8 Å². The first-order valence-corrected chi connectivity index (χ1v) is 9.79. The van der Waals surface area contributed by atoms with Gasteiger partial charge in [-0.3, -0.25) is 14.4 Å². The molecule has 1 saturated carbocycles. The molecule has 0 bridgehead atoms. The molecule has 2 aromatic rings. The van der Waals surface area contributed by atoms with E-state index in [2.05, 4.69) is 21.2 Å². The van der Waals surface area contributed by atoms with E-state index in [9.17, 15) is 14.4 Å². The van der Waals surface area contributed by atoms with Crippen LogP contribution < -0.4 is 20.8 Å². The number of para-hydroxylation sites is 1. The van der Waals surface area contributed by atoms with E-state index >= 15 is 0 Å². The molecule has 0 saturated heterocycles. The molecule has 0 aromatic heterocycles. The minimum Gasteiger partial charge on any atom is -0.483 e. The Bertz CT molecular complexity index is 993. The quantitative estimate of drug-likeness (QED) is 0.343. The van der Waals surface area contributed by atoms with Crippen LogP contribution in [0, 0.1) is 0 Å². The van der Waals surface area contributed by atoms with Gasteiger partial charge in [-0.25, -0.2) is 5.43 Å². The summed E-state index contributed by atoms with van der Waals surface area (Å²) in [5.41, 5.74) is 3.04. The highest BCUT2D eigenvalue weighted by Gasteiger charge is 2.26. The van der Waals surface area contributed by atoms with Gasteiger partial charge >= 0.3 is 11.8 Å². The number of carbonyl (C=O) groups excluding carboxylic acids is 3. The van der Waals surface area contributed by atoms with Crippen molar-refractivity contribution in [2.24, 2.45) is 5.10 Å². The first kappa shape index (κ1) is 21.6. The van der Waals surface area contributed by atoms with Gasteiger partial charge in [-0.2, -0.15) is 5.10 Å². The smallest absolute Gasteiger partial charge is 0.329 e. The Balaban J connectivity index is 1.54. The molecule has 0 unspecified atom stereocenters. The molecule has 10 heteroatoms. The number of hydrogen-bond acceptors (Lipinski definition) is 5. The summed E-state index contributed by atoms with van der Waals surface area (Å²) in [6.45, 7) is -0.288. The number of carbonyl (C=O) groups is 3. The average Bonchev–Trinajstić information content (AvgIpc) is 3.54. The Hall–Kier alpha value is -3.10. The summed E-state index contributed by atoms with van der Waals surface area (Å²) in [5.74, 6) is -1.65. The van der Waals surface area contributed by atoms with Gasteiger partial charge in [-0.15, -0.1) is 0 Å². The second kappa shape index (κ2) is 10.1. The van der Waals surface area contributed by atoms with Crippen molar-refractivity contribution >= 4 is 52.8 Å². The molecular formula is C20H18Cl2N4O4. The molecule has 1 aliphatic rings. The first-order valence-electron chi connectivity index (χ1n) is 9.03. The number of nitrogens with zero attached hydrogens (tertiary/aromatic N) is 1. The number of amides is 3. The van der Waals surface area contributed by atoms with Gasteiger partial charge in [-0.05, 0) is 37.1 Å². The largest absolute Gasteiger partial charge is 0.483 e. The number of hydrazone groups is 1. The third kappa shape index (κ3) is 6.20. The van der Waals surface area contributed by atoms with E-state index in [-0.39, 0.29) is 17.7 Å². The van der Waals surface area contributed by atoms with Gasteiger partial charge in [0, 0.05) is 11.6 Å². The predicted molar refractivity (Wildman–Crippen MR) is 114 cm³/mol. The molecule has 8 nitrogen and oxygen atoms in total. The lowest BCUT2D eigenvalue weighted by Crippen LogP contribution is -2.38. The molecule has 156 valence electrons. The second-order valence-electron chi connectivity index (χ2n) is 6.42. The molecule has 30 heavy (non-hydrogen) atoms. The van der Waals surface area contributed by atoms with Crippen molar-refractivity contribution in [3.63, 3.8) is 0 Å². The van der Waals surface area contributed by atoms with E-state index < -0.39 is 17.7 Å². The summed E-state index contributed by atoms with van der Waals surface area (Å²) in [4.78, 5) is 35.4. The molecule has 0 spiro atoms. The van der Waals surface area contributed by atoms with E-state index in [1.807, 2.05) is 0 Å². The summed E-state index contributed by atoms with van der Waals surface area (Å²) >= 11 is 12.0. The average molecular weight is 449 g/mol. The Morgan fingerprint density at radius 3 is 2.60 bits per heavy atom. The van der Waals surface area contributed by atoms with E-state index in [1.165, 1.54) is 6.21 Å². The molecule has 1 aliphatic carbocycles. The van der Waals surface area contributed by atoms with Crippen LogP contribution in [-0.2, 0) is 14.4 Å². The van der Waals surface area contributed by atoms with Gasteiger partial charge in [0.25, 0.3) is 5.91 Å². The van der Waals surface area contributed by atoms with Crippen LogP contribution in [0.4, 0.5) is 5.69 Å². The van der Waals surface area contributed by atoms with E-state index in [4.69, 9.17) is 27.9 Å². The molecule has 0 heterocycles. The van der Waals surface area contributed by atoms with Gasteiger partial charge in [0.05, 0.1) is 21.9 Å². The van der Waals surface area contributed by atoms with Crippen molar-refractivity contribution in [3.05, 3.63) is 58.1 Å². The minimum atomic E-state index is -0.852. The lowest BCUT2D eigenvalue weighted by Gasteiger charge is -2.11. The van der Waals surface area contributed by atoms with Crippen molar-refractivity contribution in [2.75, 3.05) is 11.9 Å². The number of halogens is 2. The van der Waals surface area contributed by atoms with Gasteiger partial charge in [0.15, 0.2) is 6.61 Å². The zero-order chi connectivity index (χ0) is 21.5. The summed E-state index contributed by atoms with van der Waals surface area (Å²) < 4.78 is 5.54. The van der Waals surface area contributed by atoms with Gasteiger partial charge < -0.3 is 15.4 Å². The molecule has 0 radical (unpaired) electrons. The zero-order valence-corrected chi connectivity index (χ0v) is 17.2. The predicted octanol–water partition coefficient (Wildman–Crippen LogP) is 2.74. The lowest BCUT2D eigenvalue weighted by molar-refractivity contribution is -0.139. The Labute approximate surface area is 182 Å². The summed E-state index contributed by atoms with van der Waals surface area (Å²) in [7, 11) is 0. The SMILES string of the molecule is O=C(COc1ccccc1/C=N\NC(=O)C(=O)NC1CC1)Nc1cccc(Cl)c1Cl. The van der Waals surface area contributed by atoms with Crippen molar-refractivity contribution in [2.45, 2.75) is 18.9 Å². The third-order valence-electron chi connectivity index (χ3n) is 3.99. The monoisotopic (exact) mass is 448 g/mol. The molecule has 1 fully saturated rings. The Kier molecular flexibility index (Phi) is 7.26. The molecule has 2 aromatic carbocycles. The van der Waals surface area contributed by atoms with Gasteiger partial charge in [0.2, 0.25) is 0 Å². The number of benzene rings is 2. The van der Waals surface area contributed by atoms with E-state index in [1.54, 1.807) is 42.5 Å². The Morgan fingerprint density at radius 1 is 1.07 bits per heavy atom. The molecular weight excluding hydrogens is 431 g/mol. The maximum Gasteiger partial charge on any atom is 0.329 e. The molecule has 3 rings (SSSR count). The first-order chi connectivity index (χ1) is 14.4. The highest BCUT2D eigenvalue weighted by Crippen LogP contribution is 2.29. The van der Waals surface area contributed by atoms with Crippen molar-refractivity contribution in [1.29, 1.82) is 0 Å². The number of nitrogens with one attached hydrogen (secondary N) is 3. The highest BCUT2D eigenvalue weighted by atomic mass is 35.5. The minimum absolute atomic E-state index is 0.0781. The lowest BCUT2D eigenvalue weighted by atomic mass is 10.2. The maximum atomic E-state index is 12.2. The van der Waals surface area contributed by atoms with Crippen molar-refractivity contribution < 1.29 is 19.1 Å². The molecule has 3 amide bonds. The second-order valence-corrected chi connectivity index (χ2v) is 7.21. The van der Waals surface area contributed by atoms with Crippen LogP contribution >= 0.6 is 23.2 Å². The number of anilines is 1. The summed E-state index contributed by atoms with van der Waals surface area (Å²) in [5, 5.41) is 9.51. The zero-order valence-electron chi connectivity index (χ0n) is 15.7. The van der Waals surface area contributed by atoms with Crippen LogP contribution in [0.3, 0.4) is 0 Å². The van der Waals surface area contributed by atoms with Crippen LogP contribution in [-0.4, -0.2) is 36.6 Å². The van der Waals surface area contributed by atoms with Crippen LogP contribution in [0.1, 0.15) is 18.4 Å². The van der Waals surface area contributed by atoms with Gasteiger partial charge in [-0.1, -0.05) is 41.4 Å². The van der Waals surface area contributed by atoms with Crippen molar-refractivity contribution in [1.82, 2.24) is 10.7 Å². The molecule has 0 aliphatic heterocycles. The van der Waals surface area contributed by atoms with Crippen LogP contribution in [0.5, 0.6) is 5.75 Å². The molecule has 0 atom stereocenters. The number of hydrogen-bond donors (Lipinski definition) is 3. The van der Waals surface area contributed by atoms with E-state index in [0.29, 0.717) is 22.0 Å². The normalized spacial score (nSPS) is 13.0. The topological polar surface area (TPSA) is 109 Å². The maximum absolute atomic E-state index is 12.2. The standard InChI is InChI=1S/C20H18Cl2N4O4/c21-14-5-3-6-15(18(14)22)25-17(27)11-30-16-7-2-1-4-12(16)10-23-26-20(29)19(28)24-13-8-9-13/h1-7,10,13H,8-9,11H2,(H,24,28)(H,25,27)(H,26,29)/b23-10-. The summed E-state index contributed by atoms with van der Waals surface area (Å²) in [6.07, 6.45) is 3.08. The van der Waals surface area contributed by atoms with Crippen molar-refractivity contribution in [3.8, 4) is 5.75 Å². The third-order valence-corrected chi connectivity index (χ3v) is 4.81. The highest BCUT2D eigenvalue weighted by molar-refractivity contribution is 6.44. The van der Waals surface area contributed by atoms with Crippen LogP contribution in [0.2, 0.25) is 10.0 Å². The molecule has 3 N–H and O–H groups in total. The van der Waals surface area contributed by atoms with Gasteiger partial charge in [0.1, 0.15) is 5.75 Å². The fraction of sp³-hybridized carbons (Fsp3) is 0.200. The fourth-order valence-electron chi connectivity index (χ4n) is 2.34. The number of rotatable bonds is 7. The summed E-state index contributed by atoms with van der Waals surface area (Å²) in [6, 6.07) is 11.8. The Morgan fingerprint density at radius 2 is 1.83 bits per heavy atom. The number of ether oxygens (including phenoxy) is 1. The fourth-order valence-corrected chi connectivity index (χ4v) is 2.69. The van der Waals surface area contributed by atoms with Crippen LogP contribution in [0.15, 0.2) is 47.6 Å².